The molecular weight excluding hydrogens is 485 g/mol. The van der Waals surface area contributed by atoms with Gasteiger partial charge in [0.15, 0.2) is 0 Å². The molecule has 0 amide bonds. The smallest absolute Gasteiger partial charge is 0.352 e. The highest BCUT2D eigenvalue weighted by Gasteiger charge is 2.41. The van der Waals surface area contributed by atoms with Gasteiger partial charge in [0.05, 0.1) is 16.5 Å². The van der Waals surface area contributed by atoms with Crippen LogP contribution in [-0.4, -0.2) is 14.5 Å². The lowest BCUT2D eigenvalue weighted by Gasteiger charge is -2.21. The summed E-state index contributed by atoms with van der Waals surface area (Å²) < 4.78 is 42.2. The second kappa shape index (κ2) is 7.62. The highest BCUT2D eigenvalue weighted by Crippen LogP contribution is 2.43. The van der Waals surface area contributed by atoms with Crippen molar-refractivity contribution in [2.45, 2.75) is 51.4 Å². The van der Waals surface area contributed by atoms with Gasteiger partial charge in [0.1, 0.15) is 22.2 Å². The number of fused-ring (bicyclic) bond motifs is 1. The summed E-state index contributed by atoms with van der Waals surface area (Å²) in [5, 5.41) is 3.66. The highest BCUT2D eigenvalue weighted by atomic mass is 79.9. The Morgan fingerprint density at radius 2 is 1.97 bits per heavy atom. The van der Waals surface area contributed by atoms with Crippen LogP contribution in [0.25, 0.3) is 10.9 Å². The van der Waals surface area contributed by atoms with E-state index in [1.165, 1.54) is 13.0 Å². The fraction of sp³-hybridized carbons (Fsp3) is 0.348. The van der Waals surface area contributed by atoms with Crippen molar-refractivity contribution >= 4 is 32.7 Å². The third-order valence-electron chi connectivity index (χ3n) is 5.93. The van der Waals surface area contributed by atoms with E-state index < -0.39 is 17.8 Å². The van der Waals surface area contributed by atoms with Gasteiger partial charge in [-0.2, -0.15) is 13.2 Å². The van der Waals surface area contributed by atoms with E-state index in [9.17, 15) is 18.0 Å². The first kappa shape index (κ1) is 22.3. The van der Waals surface area contributed by atoms with E-state index in [-0.39, 0.29) is 16.7 Å². The van der Waals surface area contributed by atoms with Crippen LogP contribution < -0.4 is 10.9 Å². The maximum Gasteiger partial charge on any atom is 0.416 e. The Labute approximate surface area is 191 Å². The zero-order valence-corrected chi connectivity index (χ0v) is 19.2. The van der Waals surface area contributed by atoms with Crippen LogP contribution in [0.4, 0.5) is 19.0 Å². The first-order valence-corrected chi connectivity index (χ1v) is 10.7. The molecule has 1 fully saturated rings. The number of aromatic nitrogens is 3. The number of rotatable bonds is 4. The van der Waals surface area contributed by atoms with Gasteiger partial charge >= 0.3 is 6.18 Å². The van der Waals surface area contributed by atoms with Gasteiger partial charge in [-0.15, -0.1) is 6.42 Å². The monoisotopic (exact) mass is 504 g/mol. The first-order valence-electron chi connectivity index (χ1n) is 9.95. The summed E-state index contributed by atoms with van der Waals surface area (Å²) in [6.07, 6.45) is 4.68. The standard InChI is InChI=1S/C23H20BrF3N4O/c1-5-17(14-7-6-8-16(12(14)2)23(25,26)27)30-20-15-11-31(22(4)9-10-22)21(32)18(24)19(15)28-13(3)29-20/h1,6-8,11,17H,9-10H2,2-4H3,(H,28,29,30)/t17-/m1/s1. The number of aryl methyl sites for hydroxylation is 1. The van der Waals surface area contributed by atoms with Crippen LogP contribution >= 0.6 is 15.9 Å². The molecule has 32 heavy (non-hydrogen) atoms. The highest BCUT2D eigenvalue weighted by molar-refractivity contribution is 9.10. The van der Waals surface area contributed by atoms with Crippen LogP contribution in [0.1, 0.15) is 48.3 Å². The number of nitrogens with one attached hydrogen (secondary N) is 1. The zero-order valence-electron chi connectivity index (χ0n) is 17.6. The van der Waals surface area contributed by atoms with E-state index in [0.29, 0.717) is 32.6 Å². The lowest BCUT2D eigenvalue weighted by molar-refractivity contribution is -0.138. The van der Waals surface area contributed by atoms with Gasteiger partial charge in [0.25, 0.3) is 5.56 Å². The molecule has 2 heterocycles. The van der Waals surface area contributed by atoms with Gasteiger partial charge in [-0.1, -0.05) is 18.1 Å². The van der Waals surface area contributed by atoms with E-state index in [1.54, 1.807) is 23.8 Å². The van der Waals surface area contributed by atoms with Crippen molar-refractivity contribution in [3.8, 4) is 12.3 Å². The van der Waals surface area contributed by atoms with E-state index in [1.807, 2.05) is 6.92 Å². The Balaban J connectivity index is 1.86. The fourth-order valence-corrected chi connectivity index (χ4v) is 4.31. The van der Waals surface area contributed by atoms with Crippen molar-refractivity contribution in [2.75, 3.05) is 5.32 Å². The summed E-state index contributed by atoms with van der Waals surface area (Å²) in [4.78, 5) is 21.7. The lowest BCUT2D eigenvalue weighted by Crippen LogP contribution is -2.29. The first-order chi connectivity index (χ1) is 15.0. The van der Waals surface area contributed by atoms with Crippen molar-refractivity contribution in [3.05, 3.63) is 61.7 Å². The van der Waals surface area contributed by atoms with Gasteiger partial charge in [0.2, 0.25) is 0 Å². The number of alkyl halides is 3. The van der Waals surface area contributed by atoms with Crippen LogP contribution in [-0.2, 0) is 11.7 Å². The fourth-order valence-electron chi connectivity index (χ4n) is 3.82. The Bertz CT molecular complexity index is 1340. The molecule has 5 nitrogen and oxygen atoms in total. The molecule has 1 N–H and O–H groups in total. The molecule has 4 rings (SSSR count). The summed E-state index contributed by atoms with van der Waals surface area (Å²) >= 11 is 3.37. The Hall–Kier alpha value is -2.86. The number of hydrogen-bond donors (Lipinski definition) is 1. The van der Waals surface area contributed by atoms with Gasteiger partial charge in [-0.05, 0) is 66.7 Å². The summed E-state index contributed by atoms with van der Waals surface area (Å²) in [5.74, 6) is 3.28. The molecule has 0 aliphatic heterocycles. The van der Waals surface area contributed by atoms with Crippen LogP contribution in [0.3, 0.4) is 0 Å². The average Bonchev–Trinajstić information content (AvgIpc) is 3.46. The summed E-state index contributed by atoms with van der Waals surface area (Å²) in [6, 6.07) is 3.06. The molecule has 1 aliphatic rings. The predicted octanol–water partition coefficient (Wildman–Crippen LogP) is 5.49. The summed E-state index contributed by atoms with van der Waals surface area (Å²) in [7, 11) is 0. The molecule has 1 atom stereocenters. The normalized spacial score (nSPS) is 15.9. The second-order valence-electron chi connectivity index (χ2n) is 8.26. The number of terminal acetylenes is 1. The number of pyridine rings is 1. The van der Waals surface area contributed by atoms with Crippen LogP contribution in [0.2, 0.25) is 0 Å². The molecule has 0 bridgehead atoms. The predicted molar refractivity (Wildman–Crippen MR) is 120 cm³/mol. The molecule has 0 unspecified atom stereocenters. The minimum Gasteiger partial charge on any atom is -0.352 e. The van der Waals surface area contributed by atoms with Gasteiger partial charge in [-0.25, -0.2) is 9.97 Å². The van der Waals surface area contributed by atoms with E-state index in [0.717, 1.165) is 18.9 Å². The molecule has 0 saturated heterocycles. The van der Waals surface area contributed by atoms with Crippen LogP contribution in [0.5, 0.6) is 0 Å². The maximum atomic E-state index is 13.4. The lowest BCUT2D eigenvalue weighted by atomic mass is 9.96. The minimum atomic E-state index is -4.49. The van der Waals surface area contributed by atoms with Crippen molar-refractivity contribution < 1.29 is 13.2 Å². The molecule has 2 aromatic heterocycles. The zero-order chi connectivity index (χ0) is 23.4. The molecule has 1 aromatic carbocycles. The van der Waals surface area contributed by atoms with Crippen molar-refractivity contribution in [3.63, 3.8) is 0 Å². The molecule has 1 saturated carbocycles. The number of halogens is 4. The summed E-state index contributed by atoms with van der Waals surface area (Å²) in [5.41, 5.74) is -0.411. The van der Waals surface area contributed by atoms with Crippen molar-refractivity contribution in [1.29, 1.82) is 0 Å². The Morgan fingerprint density at radius 3 is 2.56 bits per heavy atom. The van der Waals surface area contributed by atoms with Crippen molar-refractivity contribution in [1.82, 2.24) is 14.5 Å². The van der Waals surface area contributed by atoms with E-state index >= 15 is 0 Å². The molecule has 0 spiro atoms. The SMILES string of the molecule is C#C[C@@H](Nc1nc(C)nc2c(Br)c(=O)n(C3(C)CC3)cc12)c1cccc(C(F)(F)F)c1C. The summed E-state index contributed by atoms with van der Waals surface area (Å²) in [6.45, 7) is 5.06. The third kappa shape index (κ3) is 3.77. The van der Waals surface area contributed by atoms with E-state index in [4.69, 9.17) is 6.42 Å². The second-order valence-corrected chi connectivity index (χ2v) is 9.05. The van der Waals surface area contributed by atoms with Crippen LogP contribution in [0, 0.1) is 26.2 Å². The molecule has 3 aromatic rings. The topological polar surface area (TPSA) is 59.8 Å². The number of benzene rings is 1. The number of hydrogen-bond acceptors (Lipinski definition) is 4. The quantitative estimate of drug-likeness (QED) is 0.477. The van der Waals surface area contributed by atoms with Crippen molar-refractivity contribution in [2.24, 2.45) is 0 Å². The van der Waals surface area contributed by atoms with E-state index in [2.05, 4.69) is 37.1 Å². The third-order valence-corrected chi connectivity index (χ3v) is 6.64. The number of nitrogens with zero attached hydrogens (tertiary/aromatic N) is 3. The number of anilines is 1. The molecule has 166 valence electrons. The average molecular weight is 505 g/mol. The molecule has 1 aliphatic carbocycles. The van der Waals surface area contributed by atoms with Gasteiger partial charge in [0, 0.05) is 11.7 Å². The Morgan fingerprint density at radius 1 is 1.28 bits per heavy atom. The molecule has 9 heteroatoms. The molecule has 0 radical (unpaired) electrons. The largest absolute Gasteiger partial charge is 0.416 e. The van der Waals surface area contributed by atoms with Gasteiger partial charge < -0.3 is 9.88 Å². The minimum absolute atomic E-state index is 0.0501. The molecular formula is C23H20BrF3N4O. The Kier molecular flexibility index (Phi) is 5.32. The van der Waals surface area contributed by atoms with Gasteiger partial charge in [-0.3, -0.25) is 4.79 Å². The van der Waals surface area contributed by atoms with Crippen LogP contribution in [0.15, 0.2) is 33.7 Å². The maximum absolute atomic E-state index is 13.4.